The number of carbonyl (C=O) groups is 3. The molecule has 6 rings (SSSR count). The van der Waals surface area contributed by atoms with E-state index in [1.807, 2.05) is 29.2 Å². The molecule has 3 saturated heterocycles. The number of urea groups is 1. The molecule has 0 saturated carbocycles. The third-order valence-corrected chi connectivity index (χ3v) is 11.0. The van der Waals surface area contributed by atoms with Gasteiger partial charge in [-0.1, -0.05) is 60.7 Å². The molecule has 2 atom stereocenters. The first-order valence-corrected chi connectivity index (χ1v) is 17.5. The Balaban J connectivity index is 1.17. The zero-order valence-corrected chi connectivity index (χ0v) is 29.2. The second-order valence-corrected chi connectivity index (χ2v) is 13.7. The van der Waals surface area contributed by atoms with Gasteiger partial charge in [0.2, 0.25) is 5.75 Å². The number of carboxylic acid groups (broad SMARTS) is 1. The highest BCUT2D eigenvalue weighted by Gasteiger charge is 2.44. The van der Waals surface area contributed by atoms with Gasteiger partial charge in [0.05, 0.1) is 26.9 Å². The van der Waals surface area contributed by atoms with E-state index >= 15 is 0 Å². The van der Waals surface area contributed by atoms with Crippen molar-refractivity contribution in [3.63, 3.8) is 0 Å². The molecule has 3 fully saturated rings. The van der Waals surface area contributed by atoms with Crippen molar-refractivity contribution in [1.82, 2.24) is 20.0 Å². The molecule has 3 heterocycles. The van der Waals surface area contributed by atoms with Crippen LogP contribution < -0.4 is 19.5 Å². The Morgan fingerprint density at radius 1 is 0.820 bits per heavy atom. The third kappa shape index (κ3) is 6.96. The van der Waals surface area contributed by atoms with E-state index < -0.39 is 17.6 Å². The molecule has 50 heavy (non-hydrogen) atoms. The number of nitrogens with one attached hydrogen (secondary N) is 1. The predicted molar refractivity (Wildman–Crippen MR) is 189 cm³/mol. The van der Waals surface area contributed by atoms with Gasteiger partial charge < -0.3 is 39.3 Å². The van der Waals surface area contributed by atoms with Crippen molar-refractivity contribution < 1.29 is 33.7 Å². The summed E-state index contributed by atoms with van der Waals surface area (Å²) >= 11 is 0. The van der Waals surface area contributed by atoms with E-state index in [0.29, 0.717) is 68.1 Å². The van der Waals surface area contributed by atoms with Gasteiger partial charge in [0.25, 0.3) is 5.91 Å². The van der Waals surface area contributed by atoms with E-state index in [-0.39, 0.29) is 17.4 Å². The van der Waals surface area contributed by atoms with Gasteiger partial charge in [-0.2, -0.15) is 0 Å². The van der Waals surface area contributed by atoms with Gasteiger partial charge in [-0.15, -0.1) is 0 Å². The Labute approximate surface area is 294 Å². The maximum Gasteiger partial charge on any atom is 0.326 e. The highest BCUT2D eigenvalue weighted by molar-refractivity contribution is 5.96. The fourth-order valence-electron chi connectivity index (χ4n) is 8.13. The molecule has 3 aliphatic heterocycles. The topological polar surface area (TPSA) is 121 Å². The summed E-state index contributed by atoms with van der Waals surface area (Å²) in [5.74, 6) is 0.303. The molecular formula is C39H48N4O7. The quantitative estimate of drug-likeness (QED) is 0.285. The van der Waals surface area contributed by atoms with Crippen LogP contribution in [-0.2, 0) is 15.7 Å². The van der Waals surface area contributed by atoms with E-state index in [1.165, 1.54) is 10.5 Å². The van der Waals surface area contributed by atoms with Crippen molar-refractivity contribution in [2.45, 2.75) is 55.5 Å². The van der Waals surface area contributed by atoms with E-state index in [2.05, 4.69) is 46.6 Å². The molecule has 0 aromatic heterocycles. The Morgan fingerprint density at radius 2 is 1.44 bits per heavy atom. The minimum atomic E-state index is -0.954. The van der Waals surface area contributed by atoms with Crippen LogP contribution in [0.1, 0.15) is 60.0 Å². The molecule has 0 spiro atoms. The number of carbonyl (C=O) groups excluding carboxylic acids is 2. The molecule has 3 aliphatic rings. The Morgan fingerprint density at radius 3 is 2.02 bits per heavy atom. The summed E-state index contributed by atoms with van der Waals surface area (Å²) in [6.45, 7) is 4.05. The highest BCUT2D eigenvalue weighted by atomic mass is 16.5. The molecular weight excluding hydrogens is 636 g/mol. The first-order valence-electron chi connectivity index (χ1n) is 17.5. The van der Waals surface area contributed by atoms with E-state index in [4.69, 9.17) is 14.2 Å². The zero-order valence-electron chi connectivity index (χ0n) is 29.2. The van der Waals surface area contributed by atoms with Crippen molar-refractivity contribution in [2.24, 2.45) is 0 Å². The maximum atomic E-state index is 13.9. The molecule has 266 valence electrons. The van der Waals surface area contributed by atoms with Crippen LogP contribution in [-0.4, -0.2) is 104 Å². The number of rotatable bonds is 11. The van der Waals surface area contributed by atoms with Gasteiger partial charge in [0.15, 0.2) is 11.5 Å². The Hall–Kier alpha value is -4.77. The normalized spacial score (nSPS) is 21.9. The van der Waals surface area contributed by atoms with Crippen LogP contribution in [0.4, 0.5) is 4.79 Å². The summed E-state index contributed by atoms with van der Waals surface area (Å²) in [4.78, 5) is 45.2. The second kappa shape index (κ2) is 15.0. The molecule has 3 aromatic carbocycles. The van der Waals surface area contributed by atoms with Gasteiger partial charge in [0, 0.05) is 43.7 Å². The van der Waals surface area contributed by atoms with Crippen molar-refractivity contribution >= 4 is 17.9 Å². The lowest BCUT2D eigenvalue weighted by Gasteiger charge is -2.44. The smallest absolute Gasteiger partial charge is 0.326 e. The van der Waals surface area contributed by atoms with Crippen molar-refractivity contribution in [3.05, 3.63) is 89.5 Å². The lowest BCUT2D eigenvalue weighted by Crippen LogP contribution is -2.57. The lowest BCUT2D eigenvalue weighted by atomic mass is 9.76. The fourth-order valence-corrected chi connectivity index (χ4v) is 8.13. The number of aliphatic carboxylic acids is 1. The SMILES string of the molecule is COc1cc(C(=O)N2CCC(CCN3CCC(NC(=O)N4CCCC4C(=O)O)(c4ccccc4)CC3)(c3ccccc3)C2)cc(OC)c1OC. The fraction of sp³-hybridized carbons (Fsp3) is 0.462. The van der Waals surface area contributed by atoms with Gasteiger partial charge in [-0.25, -0.2) is 9.59 Å². The van der Waals surface area contributed by atoms with Crippen LogP contribution in [0.2, 0.25) is 0 Å². The largest absolute Gasteiger partial charge is 0.493 e. The van der Waals surface area contributed by atoms with E-state index in [0.717, 1.165) is 38.0 Å². The highest BCUT2D eigenvalue weighted by Crippen LogP contribution is 2.42. The summed E-state index contributed by atoms with van der Waals surface area (Å²) < 4.78 is 16.5. The Kier molecular flexibility index (Phi) is 10.5. The summed E-state index contributed by atoms with van der Waals surface area (Å²) in [5, 5.41) is 13.0. The number of nitrogens with zero attached hydrogens (tertiary/aromatic N) is 3. The minimum absolute atomic E-state index is 0.0773. The number of carboxylic acids is 1. The monoisotopic (exact) mass is 684 g/mol. The number of ether oxygens (including phenoxy) is 3. The van der Waals surface area contributed by atoms with Crippen LogP contribution in [0.5, 0.6) is 17.2 Å². The van der Waals surface area contributed by atoms with E-state index in [1.54, 1.807) is 33.5 Å². The van der Waals surface area contributed by atoms with Crippen LogP contribution in [0.3, 0.4) is 0 Å². The zero-order chi connectivity index (χ0) is 35.3. The van der Waals surface area contributed by atoms with Gasteiger partial charge >= 0.3 is 12.0 Å². The number of amides is 3. The van der Waals surface area contributed by atoms with Crippen LogP contribution in [0.15, 0.2) is 72.8 Å². The molecule has 2 N–H and O–H groups in total. The van der Waals surface area contributed by atoms with Crippen molar-refractivity contribution in [3.8, 4) is 17.2 Å². The molecule has 2 unspecified atom stereocenters. The van der Waals surface area contributed by atoms with Crippen LogP contribution in [0.25, 0.3) is 0 Å². The van der Waals surface area contributed by atoms with Crippen LogP contribution >= 0.6 is 0 Å². The number of hydrogen-bond acceptors (Lipinski definition) is 7. The molecule has 0 radical (unpaired) electrons. The first-order chi connectivity index (χ1) is 24.2. The lowest BCUT2D eigenvalue weighted by molar-refractivity contribution is -0.141. The number of benzene rings is 3. The van der Waals surface area contributed by atoms with Crippen molar-refractivity contribution in [1.29, 1.82) is 0 Å². The molecule has 3 aromatic rings. The van der Waals surface area contributed by atoms with E-state index in [9.17, 15) is 19.5 Å². The molecule has 11 nitrogen and oxygen atoms in total. The maximum absolute atomic E-state index is 13.9. The number of hydrogen-bond donors (Lipinski definition) is 2. The number of likely N-dealkylation sites (tertiary alicyclic amines) is 3. The van der Waals surface area contributed by atoms with Gasteiger partial charge in [-0.05, 0) is 68.3 Å². The average Bonchev–Trinajstić information content (AvgIpc) is 3.84. The predicted octanol–water partition coefficient (Wildman–Crippen LogP) is 5.14. The molecule has 11 heteroatoms. The third-order valence-electron chi connectivity index (χ3n) is 11.0. The molecule has 3 amide bonds. The summed E-state index contributed by atoms with van der Waals surface area (Å²) in [6.07, 6.45) is 4.28. The summed E-state index contributed by atoms with van der Waals surface area (Å²) in [7, 11) is 4.63. The molecule has 0 aliphatic carbocycles. The molecule has 0 bridgehead atoms. The first kappa shape index (κ1) is 35.1. The van der Waals surface area contributed by atoms with Gasteiger partial charge in [-0.3, -0.25) is 4.79 Å². The number of piperidine rings is 1. The standard InChI is InChI=1S/C39H48N4O7/c1-48-32-25-28(26-33(49-2)34(32)50-3)35(44)42-24-17-38(27-42,29-11-6-4-7-12-29)16-21-41-22-18-39(19-23-41,30-13-8-5-9-14-30)40-37(47)43-20-10-15-31(43)36(45)46/h4-9,11-14,25-26,31H,10,15-24,27H2,1-3H3,(H,40,47)(H,45,46). The second-order valence-electron chi connectivity index (χ2n) is 13.7. The van der Waals surface area contributed by atoms with Gasteiger partial charge in [0.1, 0.15) is 6.04 Å². The Bertz CT molecular complexity index is 1640. The number of methoxy groups -OCH3 is 3. The average molecular weight is 685 g/mol. The van der Waals surface area contributed by atoms with Crippen LogP contribution in [0, 0.1) is 0 Å². The van der Waals surface area contributed by atoms with Crippen molar-refractivity contribution in [2.75, 3.05) is 60.6 Å². The minimum Gasteiger partial charge on any atom is -0.493 e. The summed E-state index contributed by atoms with van der Waals surface area (Å²) in [6, 6.07) is 22.9. The summed E-state index contributed by atoms with van der Waals surface area (Å²) in [5.41, 5.74) is 1.94.